The fourth-order valence-corrected chi connectivity index (χ4v) is 3.65. The van der Waals surface area contributed by atoms with Gasteiger partial charge in [-0.1, -0.05) is 72.8 Å². The minimum Gasteiger partial charge on any atom is -0.469 e. The summed E-state index contributed by atoms with van der Waals surface area (Å²) in [6, 6.07) is 19.7. The lowest BCUT2D eigenvalue weighted by Gasteiger charge is -2.36. The van der Waals surface area contributed by atoms with E-state index in [-0.39, 0.29) is 17.8 Å². The van der Waals surface area contributed by atoms with Gasteiger partial charge in [0.2, 0.25) is 0 Å². The van der Waals surface area contributed by atoms with E-state index in [9.17, 15) is 9.90 Å². The number of hydrogen-bond donors (Lipinski definition) is 1. The van der Waals surface area contributed by atoms with Gasteiger partial charge >= 0.3 is 5.97 Å². The van der Waals surface area contributed by atoms with Crippen LogP contribution in [0.2, 0.25) is 0 Å². The molecule has 0 saturated heterocycles. The third-order valence-electron chi connectivity index (χ3n) is 5.28. The van der Waals surface area contributed by atoms with Crippen molar-refractivity contribution in [2.24, 2.45) is 17.8 Å². The minimum atomic E-state index is -0.697. The molecule has 0 bridgehead atoms. The average Bonchev–Trinajstić information content (AvgIpc) is 2.76. The molecule has 4 atom stereocenters. The summed E-state index contributed by atoms with van der Waals surface area (Å²) in [6.45, 7) is 1.56. The number of ether oxygens (including phenoxy) is 3. The normalized spacial score (nSPS) is 23.7. The van der Waals surface area contributed by atoms with E-state index in [0.29, 0.717) is 26.4 Å². The van der Waals surface area contributed by atoms with E-state index in [1.165, 1.54) is 7.11 Å². The van der Waals surface area contributed by atoms with Crippen LogP contribution in [0, 0.1) is 17.8 Å². The Kier molecular flexibility index (Phi) is 7.99. The Hall–Kier alpha value is -2.47. The van der Waals surface area contributed by atoms with Gasteiger partial charge in [0.15, 0.2) is 0 Å². The van der Waals surface area contributed by atoms with Gasteiger partial charge in [0, 0.05) is 11.8 Å². The van der Waals surface area contributed by atoms with Gasteiger partial charge < -0.3 is 19.3 Å². The predicted molar refractivity (Wildman–Crippen MR) is 110 cm³/mol. The molecule has 0 amide bonds. The average molecular weight is 396 g/mol. The molecule has 0 fully saturated rings. The number of aliphatic hydroxyl groups is 1. The zero-order valence-corrected chi connectivity index (χ0v) is 16.6. The summed E-state index contributed by atoms with van der Waals surface area (Å²) < 4.78 is 16.8. The summed E-state index contributed by atoms with van der Waals surface area (Å²) in [6.07, 6.45) is 2.68. The van der Waals surface area contributed by atoms with E-state index in [1.54, 1.807) is 12.2 Å². The molecule has 1 N–H and O–H groups in total. The number of rotatable bonds is 9. The third-order valence-corrected chi connectivity index (χ3v) is 5.28. The maximum Gasteiger partial charge on any atom is 0.312 e. The number of methoxy groups -OCH3 is 1. The van der Waals surface area contributed by atoms with Crippen LogP contribution in [0.1, 0.15) is 11.1 Å². The van der Waals surface area contributed by atoms with Gasteiger partial charge in [-0.2, -0.15) is 0 Å². The first kappa shape index (κ1) is 21.2. The molecule has 29 heavy (non-hydrogen) atoms. The second kappa shape index (κ2) is 10.9. The molecule has 5 heteroatoms. The monoisotopic (exact) mass is 396 g/mol. The van der Waals surface area contributed by atoms with Crippen molar-refractivity contribution in [3.63, 3.8) is 0 Å². The lowest BCUT2D eigenvalue weighted by molar-refractivity contribution is -0.149. The van der Waals surface area contributed by atoms with Gasteiger partial charge in [-0.15, -0.1) is 0 Å². The fourth-order valence-electron chi connectivity index (χ4n) is 3.65. The van der Waals surface area contributed by atoms with E-state index in [2.05, 4.69) is 0 Å². The number of benzene rings is 2. The van der Waals surface area contributed by atoms with Gasteiger partial charge in [-0.05, 0) is 11.1 Å². The van der Waals surface area contributed by atoms with E-state index < -0.39 is 12.0 Å². The molecule has 0 aliphatic heterocycles. The van der Waals surface area contributed by atoms with Crippen molar-refractivity contribution in [1.29, 1.82) is 0 Å². The summed E-state index contributed by atoms with van der Waals surface area (Å²) in [7, 11) is 1.38. The first-order chi connectivity index (χ1) is 14.2. The Labute approximate surface area is 171 Å². The Balaban J connectivity index is 1.64. The van der Waals surface area contributed by atoms with E-state index >= 15 is 0 Å². The Morgan fingerprint density at radius 1 is 0.828 bits per heavy atom. The molecule has 1 aliphatic carbocycles. The van der Waals surface area contributed by atoms with Crippen molar-refractivity contribution in [2.45, 2.75) is 19.3 Å². The van der Waals surface area contributed by atoms with E-state index in [1.807, 2.05) is 60.7 Å². The van der Waals surface area contributed by atoms with Crippen molar-refractivity contribution in [1.82, 2.24) is 0 Å². The van der Waals surface area contributed by atoms with Gasteiger partial charge in [0.1, 0.15) is 0 Å². The molecule has 0 unspecified atom stereocenters. The SMILES string of the molecule is COC(=O)[C@@H]1C=C[C@H](O)[C@@H](COCc2ccccc2)[C@H]1COCc1ccccc1. The number of esters is 1. The highest BCUT2D eigenvalue weighted by Crippen LogP contribution is 2.33. The van der Waals surface area contributed by atoms with E-state index in [0.717, 1.165) is 11.1 Å². The number of carbonyl (C=O) groups excluding carboxylic acids is 1. The maximum atomic E-state index is 12.3. The second-order valence-electron chi connectivity index (χ2n) is 7.25. The van der Waals surface area contributed by atoms with Gasteiger partial charge in [0.05, 0.1) is 45.6 Å². The van der Waals surface area contributed by atoms with Crippen LogP contribution in [0.5, 0.6) is 0 Å². The van der Waals surface area contributed by atoms with E-state index in [4.69, 9.17) is 14.2 Å². The standard InChI is InChI=1S/C24H28O5/c1-27-24(26)20-12-13-23(25)22(17-29-15-19-10-6-3-7-11-19)21(20)16-28-14-18-8-4-2-5-9-18/h2-13,20-23,25H,14-17H2,1H3/t20-,21+,22+,23+/m1/s1. The highest BCUT2D eigenvalue weighted by atomic mass is 16.5. The molecule has 0 heterocycles. The third kappa shape index (κ3) is 6.00. The second-order valence-corrected chi connectivity index (χ2v) is 7.25. The van der Waals surface area contributed by atoms with Gasteiger partial charge in [-0.3, -0.25) is 4.79 Å². The molecule has 2 aromatic carbocycles. The maximum absolute atomic E-state index is 12.3. The van der Waals surface area contributed by atoms with Crippen molar-refractivity contribution in [3.05, 3.63) is 83.9 Å². The van der Waals surface area contributed by atoms with Crippen molar-refractivity contribution < 1.29 is 24.1 Å². The predicted octanol–water partition coefficient (Wildman–Crippen LogP) is 3.37. The smallest absolute Gasteiger partial charge is 0.312 e. The molecule has 1 aliphatic rings. The molecule has 5 nitrogen and oxygen atoms in total. The molecule has 3 rings (SSSR count). The first-order valence-electron chi connectivity index (χ1n) is 9.86. The summed E-state index contributed by atoms with van der Waals surface area (Å²) in [5.41, 5.74) is 2.13. The van der Waals surface area contributed by atoms with Crippen molar-refractivity contribution in [3.8, 4) is 0 Å². The minimum absolute atomic E-state index is 0.234. The molecule has 2 aromatic rings. The molecule has 0 saturated carbocycles. The van der Waals surface area contributed by atoms with Crippen LogP contribution in [-0.4, -0.2) is 37.5 Å². The molecule has 0 aromatic heterocycles. The van der Waals surface area contributed by atoms with Crippen LogP contribution in [0.3, 0.4) is 0 Å². The van der Waals surface area contributed by atoms with Crippen molar-refractivity contribution >= 4 is 5.97 Å². The largest absolute Gasteiger partial charge is 0.469 e. The molecule has 154 valence electrons. The fraction of sp³-hybridized carbons (Fsp3) is 0.375. The Morgan fingerprint density at radius 3 is 1.86 bits per heavy atom. The Morgan fingerprint density at radius 2 is 1.34 bits per heavy atom. The molecule has 0 radical (unpaired) electrons. The number of aliphatic hydroxyl groups excluding tert-OH is 1. The van der Waals surface area contributed by atoms with Crippen LogP contribution in [0.4, 0.5) is 0 Å². The van der Waals surface area contributed by atoms with Crippen LogP contribution < -0.4 is 0 Å². The molecular formula is C24H28O5. The highest BCUT2D eigenvalue weighted by Gasteiger charge is 2.40. The number of carbonyl (C=O) groups is 1. The van der Waals surface area contributed by atoms with Crippen LogP contribution in [-0.2, 0) is 32.2 Å². The summed E-state index contributed by atoms with van der Waals surface area (Å²) in [4.78, 5) is 12.3. The Bertz CT molecular complexity index is 774. The van der Waals surface area contributed by atoms with Crippen LogP contribution >= 0.6 is 0 Å². The molecule has 0 spiro atoms. The van der Waals surface area contributed by atoms with Crippen molar-refractivity contribution in [2.75, 3.05) is 20.3 Å². The topological polar surface area (TPSA) is 65.0 Å². The highest BCUT2D eigenvalue weighted by molar-refractivity contribution is 5.75. The van der Waals surface area contributed by atoms with Crippen LogP contribution in [0.25, 0.3) is 0 Å². The zero-order chi connectivity index (χ0) is 20.5. The van der Waals surface area contributed by atoms with Gasteiger partial charge in [0.25, 0.3) is 0 Å². The number of hydrogen-bond acceptors (Lipinski definition) is 5. The first-order valence-corrected chi connectivity index (χ1v) is 9.86. The van der Waals surface area contributed by atoms with Gasteiger partial charge in [-0.25, -0.2) is 0 Å². The molecular weight excluding hydrogens is 368 g/mol. The van der Waals surface area contributed by atoms with Crippen LogP contribution in [0.15, 0.2) is 72.8 Å². The summed E-state index contributed by atoms with van der Waals surface area (Å²) in [5, 5.41) is 10.6. The summed E-state index contributed by atoms with van der Waals surface area (Å²) >= 11 is 0. The zero-order valence-electron chi connectivity index (χ0n) is 16.6. The lowest BCUT2D eigenvalue weighted by Crippen LogP contribution is -2.43. The quantitative estimate of drug-likeness (QED) is 0.520. The lowest BCUT2D eigenvalue weighted by atomic mass is 9.75. The summed E-state index contributed by atoms with van der Waals surface area (Å²) in [5.74, 6) is -1.29.